The van der Waals surface area contributed by atoms with Crippen molar-refractivity contribution in [2.24, 2.45) is 22.7 Å². The SMILES string of the molecule is COC1C[C@@]2(CC[C@@]3(O2)[C@H](C)C[C@@H](OC(C)=O)[C@H]2C(C)(C)CCC[C@@]23C)C(=O)O1. The fourth-order valence-corrected chi connectivity index (χ4v) is 7.67. The van der Waals surface area contributed by atoms with Gasteiger partial charge in [-0.25, -0.2) is 4.79 Å². The van der Waals surface area contributed by atoms with Gasteiger partial charge < -0.3 is 18.9 Å². The van der Waals surface area contributed by atoms with Crippen LogP contribution in [0.4, 0.5) is 0 Å². The highest BCUT2D eigenvalue weighted by Gasteiger charge is 2.72. The van der Waals surface area contributed by atoms with Crippen molar-refractivity contribution in [2.45, 2.75) is 103 Å². The van der Waals surface area contributed by atoms with Crippen LogP contribution in [0.15, 0.2) is 0 Å². The molecule has 0 N–H and O–H groups in total. The van der Waals surface area contributed by atoms with Crippen LogP contribution in [-0.4, -0.2) is 42.6 Å². The van der Waals surface area contributed by atoms with Crippen molar-refractivity contribution in [3.05, 3.63) is 0 Å². The summed E-state index contributed by atoms with van der Waals surface area (Å²) in [4.78, 5) is 24.7. The average Bonchev–Trinajstić information content (AvgIpc) is 3.15. The Morgan fingerprint density at radius 3 is 2.48 bits per heavy atom. The van der Waals surface area contributed by atoms with E-state index in [1.54, 1.807) is 7.11 Å². The van der Waals surface area contributed by atoms with Crippen LogP contribution in [0.3, 0.4) is 0 Å². The van der Waals surface area contributed by atoms with E-state index in [0.29, 0.717) is 12.8 Å². The fourth-order valence-electron chi connectivity index (χ4n) is 7.67. The quantitative estimate of drug-likeness (QED) is 0.643. The molecule has 0 radical (unpaired) electrons. The summed E-state index contributed by atoms with van der Waals surface area (Å²) in [5.41, 5.74) is -1.47. The number of methoxy groups -OCH3 is 1. The van der Waals surface area contributed by atoms with Gasteiger partial charge >= 0.3 is 11.9 Å². The molecule has 2 spiro atoms. The normalized spacial score (nSPS) is 48.6. The first kappa shape index (κ1) is 21.1. The lowest BCUT2D eigenvalue weighted by Crippen LogP contribution is -2.67. The number of cyclic esters (lactones) is 1. The number of hydrogen-bond acceptors (Lipinski definition) is 6. The highest BCUT2D eigenvalue weighted by Crippen LogP contribution is 2.68. The zero-order valence-corrected chi connectivity index (χ0v) is 18.7. The molecule has 2 aliphatic carbocycles. The molecule has 4 fully saturated rings. The van der Waals surface area contributed by atoms with Gasteiger partial charge in [0.1, 0.15) is 6.10 Å². The Balaban J connectivity index is 1.75. The topological polar surface area (TPSA) is 71.1 Å². The molecule has 6 heteroatoms. The largest absolute Gasteiger partial charge is 0.462 e. The smallest absolute Gasteiger partial charge is 0.340 e. The predicted octanol–water partition coefficient (Wildman–Crippen LogP) is 4.00. The summed E-state index contributed by atoms with van der Waals surface area (Å²) in [5, 5.41) is 0. The number of esters is 2. The third kappa shape index (κ3) is 2.88. The molecule has 7 atom stereocenters. The van der Waals surface area contributed by atoms with Crippen LogP contribution in [0, 0.1) is 22.7 Å². The molecule has 6 nitrogen and oxygen atoms in total. The van der Waals surface area contributed by atoms with Gasteiger partial charge in [-0.15, -0.1) is 0 Å². The Morgan fingerprint density at radius 2 is 1.86 bits per heavy atom. The van der Waals surface area contributed by atoms with E-state index < -0.39 is 17.5 Å². The molecule has 2 heterocycles. The first-order valence-electron chi connectivity index (χ1n) is 11.1. The van der Waals surface area contributed by atoms with Crippen LogP contribution in [-0.2, 0) is 28.5 Å². The lowest BCUT2D eigenvalue weighted by atomic mass is 9.43. The Hall–Kier alpha value is -1.14. The summed E-state index contributed by atoms with van der Waals surface area (Å²) in [6, 6.07) is 0. The van der Waals surface area contributed by atoms with E-state index in [1.165, 1.54) is 6.92 Å². The molecular formula is C23H36O6. The summed E-state index contributed by atoms with van der Waals surface area (Å²) in [5.74, 6) is -0.135. The zero-order chi connectivity index (χ0) is 21.2. The molecule has 0 aromatic carbocycles. The van der Waals surface area contributed by atoms with E-state index in [1.807, 2.05) is 0 Å². The van der Waals surface area contributed by atoms with E-state index in [2.05, 4.69) is 27.7 Å². The molecule has 164 valence electrons. The summed E-state index contributed by atoms with van der Waals surface area (Å²) in [6.45, 7) is 10.6. The van der Waals surface area contributed by atoms with Crippen molar-refractivity contribution in [2.75, 3.05) is 7.11 Å². The van der Waals surface area contributed by atoms with Crippen LogP contribution in [0.1, 0.15) is 79.6 Å². The number of carbonyl (C=O) groups excluding carboxylic acids is 2. The Morgan fingerprint density at radius 1 is 1.14 bits per heavy atom. The molecule has 4 aliphatic rings. The maximum Gasteiger partial charge on any atom is 0.340 e. The van der Waals surface area contributed by atoms with Gasteiger partial charge in [0.25, 0.3) is 0 Å². The van der Waals surface area contributed by atoms with Gasteiger partial charge in [0.05, 0.1) is 12.0 Å². The summed E-state index contributed by atoms with van der Waals surface area (Å²) in [6.07, 6.45) is 5.30. The molecule has 0 aromatic rings. The highest BCUT2D eigenvalue weighted by molar-refractivity contribution is 5.82. The maximum absolute atomic E-state index is 12.8. The van der Waals surface area contributed by atoms with Crippen LogP contribution < -0.4 is 0 Å². The van der Waals surface area contributed by atoms with Crippen molar-refractivity contribution >= 4 is 11.9 Å². The van der Waals surface area contributed by atoms with Crippen molar-refractivity contribution < 1.29 is 28.5 Å². The van der Waals surface area contributed by atoms with Crippen molar-refractivity contribution in [3.8, 4) is 0 Å². The molecule has 4 rings (SSSR count). The molecule has 0 aromatic heterocycles. The Bertz CT molecular complexity index is 703. The lowest BCUT2D eigenvalue weighted by Gasteiger charge is -2.65. The monoisotopic (exact) mass is 408 g/mol. The fraction of sp³-hybridized carbons (Fsp3) is 0.913. The second kappa shape index (κ2) is 6.68. The van der Waals surface area contributed by atoms with E-state index >= 15 is 0 Å². The van der Waals surface area contributed by atoms with Gasteiger partial charge in [-0.2, -0.15) is 0 Å². The molecule has 0 bridgehead atoms. The number of hydrogen-bond donors (Lipinski definition) is 0. The van der Waals surface area contributed by atoms with Gasteiger partial charge in [0, 0.05) is 25.4 Å². The van der Waals surface area contributed by atoms with Gasteiger partial charge in [-0.3, -0.25) is 4.79 Å². The van der Waals surface area contributed by atoms with Gasteiger partial charge in [-0.1, -0.05) is 34.1 Å². The van der Waals surface area contributed by atoms with Crippen LogP contribution in [0.2, 0.25) is 0 Å². The molecule has 0 amide bonds. The average molecular weight is 409 g/mol. The molecule has 2 saturated carbocycles. The molecule has 2 aliphatic heterocycles. The Labute approximate surface area is 174 Å². The molecule has 2 saturated heterocycles. The number of rotatable bonds is 2. The number of carbonyl (C=O) groups is 2. The third-order valence-electron chi connectivity index (χ3n) is 8.73. The number of fused-ring (bicyclic) bond motifs is 2. The minimum atomic E-state index is -0.904. The van der Waals surface area contributed by atoms with Gasteiger partial charge in [0.2, 0.25) is 6.29 Å². The van der Waals surface area contributed by atoms with Crippen LogP contribution in [0.25, 0.3) is 0 Å². The standard InChI is InChI=1S/C23H36O6/c1-14-12-16(27-15(2)24)18-20(3,4)8-7-9-21(18,5)23(14)11-10-22(29-23)13-17(26-6)28-19(22)25/h14,16-18H,7-13H2,1-6H3/t14-,16-,17?,18+,21+,22+,23-/m1/s1. The van der Waals surface area contributed by atoms with E-state index in [-0.39, 0.29) is 40.7 Å². The van der Waals surface area contributed by atoms with E-state index in [0.717, 1.165) is 32.1 Å². The number of ether oxygens (including phenoxy) is 4. The first-order chi connectivity index (χ1) is 13.5. The van der Waals surface area contributed by atoms with E-state index in [4.69, 9.17) is 18.9 Å². The lowest BCUT2D eigenvalue weighted by molar-refractivity contribution is -0.270. The second-order valence-corrected chi connectivity index (χ2v) is 10.8. The summed E-state index contributed by atoms with van der Waals surface area (Å²) in [7, 11) is 1.57. The molecular weight excluding hydrogens is 372 g/mol. The van der Waals surface area contributed by atoms with Crippen molar-refractivity contribution in [1.82, 2.24) is 0 Å². The second-order valence-electron chi connectivity index (χ2n) is 10.8. The maximum atomic E-state index is 12.8. The minimum Gasteiger partial charge on any atom is -0.462 e. The van der Waals surface area contributed by atoms with Crippen LogP contribution >= 0.6 is 0 Å². The summed E-state index contributed by atoms with van der Waals surface area (Å²) >= 11 is 0. The van der Waals surface area contributed by atoms with Gasteiger partial charge in [-0.05, 0) is 43.4 Å². The van der Waals surface area contributed by atoms with Crippen molar-refractivity contribution in [1.29, 1.82) is 0 Å². The first-order valence-corrected chi connectivity index (χ1v) is 11.1. The predicted molar refractivity (Wildman–Crippen MR) is 106 cm³/mol. The highest BCUT2D eigenvalue weighted by atomic mass is 16.7. The van der Waals surface area contributed by atoms with Crippen LogP contribution in [0.5, 0.6) is 0 Å². The van der Waals surface area contributed by atoms with Gasteiger partial charge in [0.15, 0.2) is 5.60 Å². The van der Waals surface area contributed by atoms with E-state index in [9.17, 15) is 9.59 Å². The Kier molecular flexibility index (Phi) is 4.86. The van der Waals surface area contributed by atoms with Crippen molar-refractivity contribution in [3.63, 3.8) is 0 Å². The molecule has 1 unspecified atom stereocenters. The zero-order valence-electron chi connectivity index (χ0n) is 18.7. The summed E-state index contributed by atoms with van der Waals surface area (Å²) < 4.78 is 23.6. The third-order valence-corrected chi connectivity index (χ3v) is 8.73. The minimum absolute atomic E-state index is 0.0324. The molecule has 29 heavy (non-hydrogen) atoms.